The smallest absolute Gasteiger partial charge is 0.0113 e. The quantitative estimate of drug-likeness (QED) is 0.841. The first-order valence-corrected chi connectivity index (χ1v) is 9.23. The van der Waals surface area contributed by atoms with Gasteiger partial charge in [-0.1, -0.05) is 32.6 Å². The fraction of sp³-hybridized carbons (Fsp3) is 1.00. The van der Waals surface area contributed by atoms with E-state index in [0.29, 0.717) is 0 Å². The zero-order valence-electron chi connectivity index (χ0n) is 13.6. The van der Waals surface area contributed by atoms with Crippen molar-refractivity contribution < 1.29 is 0 Å². The Morgan fingerprint density at radius 1 is 0.900 bits per heavy atom. The lowest BCUT2D eigenvalue weighted by Gasteiger charge is -2.50. The van der Waals surface area contributed by atoms with Gasteiger partial charge in [0, 0.05) is 24.7 Å². The standard InChI is InChI=1S/C18H34N2/c1-3-14-7-9-15(10-8-14)13-20-17-5-4-6-18(20)12-16(11-17)19-2/h14-19H,3-13H2,1-2H3. The fourth-order valence-corrected chi connectivity index (χ4v) is 5.13. The van der Waals surface area contributed by atoms with Crippen molar-refractivity contribution in [1.82, 2.24) is 10.2 Å². The van der Waals surface area contributed by atoms with E-state index in [0.717, 1.165) is 30.0 Å². The topological polar surface area (TPSA) is 15.3 Å². The summed E-state index contributed by atoms with van der Waals surface area (Å²) >= 11 is 0. The van der Waals surface area contributed by atoms with Crippen LogP contribution in [0.4, 0.5) is 0 Å². The van der Waals surface area contributed by atoms with Gasteiger partial charge in [-0.3, -0.25) is 4.90 Å². The van der Waals surface area contributed by atoms with Crippen LogP contribution in [0.1, 0.15) is 71.1 Å². The van der Waals surface area contributed by atoms with Gasteiger partial charge in [-0.15, -0.1) is 0 Å². The van der Waals surface area contributed by atoms with Gasteiger partial charge in [0.05, 0.1) is 0 Å². The third-order valence-corrected chi connectivity index (χ3v) is 6.55. The third-order valence-electron chi connectivity index (χ3n) is 6.55. The van der Waals surface area contributed by atoms with Crippen molar-refractivity contribution >= 4 is 0 Å². The summed E-state index contributed by atoms with van der Waals surface area (Å²) in [5, 5.41) is 3.54. The van der Waals surface area contributed by atoms with E-state index < -0.39 is 0 Å². The summed E-state index contributed by atoms with van der Waals surface area (Å²) in [5.74, 6) is 2.05. The minimum absolute atomic E-state index is 0.789. The summed E-state index contributed by atoms with van der Waals surface area (Å²) in [5.41, 5.74) is 0. The first kappa shape index (κ1) is 14.8. The molecule has 2 heteroatoms. The molecule has 1 saturated carbocycles. The molecule has 20 heavy (non-hydrogen) atoms. The second-order valence-electron chi connectivity index (χ2n) is 7.69. The molecule has 2 atom stereocenters. The highest BCUT2D eigenvalue weighted by molar-refractivity contribution is 4.95. The van der Waals surface area contributed by atoms with Gasteiger partial charge in [0.2, 0.25) is 0 Å². The van der Waals surface area contributed by atoms with E-state index >= 15 is 0 Å². The van der Waals surface area contributed by atoms with Crippen molar-refractivity contribution in [3.05, 3.63) is 0 Å². The lowest BCUT2D eigenvalue weighted by molar-refractivity contribution is 0.00699. The molecular formula is C18H34N2. The maximum atomic E-state index is 3.54. The molecule has 2 bridgehead atoms. The van der Waals surface area contributed by atoms with Crippen molar-refractivity contribution in [2.45, 2.75) is 89.3 Å². The maximum absolute atomic E-state index is 3.54. The lowest BCUT2D eigenvalue weighted by atomic mass is 9.77. The molecule has 0 spiro atoms. The minimum Gasteiger partial charge on any atom is -0.317 e. The molecule has 116 valence electrons. The molecule has 2 aliphatic heterocycles. The van der Waals surface area contributed by atoms with Crippen LogP contribution in [-0.4, -0.2) is 36.6 Å². The number of hydrogen-bond acceptors (Lipinski definition) is 2. The van der Waals surface area contributed by atoms with Crippen LogP contribution in [0.2, 0.25) is 0 Å². The van der Waals surface area contributed by atoms with Gasteiger partial charge in [-0.25, -0.2) is 0 Å². The van der Waals surface area contributed by atoms with E-state index in [2.05, 4.69) is 24.2 Å². The van der Waals surface area contributed by atoms with Gasteiger partial charge >= 0.3 is 0 Å². The Hall–Kier alpha value is -0.0800. The number of nitrogens with one attached hydrogen (secondary N) is 1. The van der Waals surface area contributed by atoms with Crippen molar-refractivity contribution in [1.29, 1.82) is 0 Å². The number of hydrogen-bond donors (Lipinski definition) is 1. The molecule has 2 nitrogen and oxygen atoms in total. The van der Waals surface area contributed by atoms with Crippen LogP contribution in [0.25, 0.3) is 0 Å². The van der Waals surface area contributed by atoms with Crippen molar-refractivity contribution in [3.8, 4) is 0 Å². The Morgan fingerprint density at radius 2 is 1.50 bits per heavy atom. The van der Waals surface area contributed by atoms with Crippen LogP contribution in [-0.2, 0) is 0 Å². The molecule has 0 aromatic rings. The predicted octanol–water partition coefficient (Wildman–Crippen LogP) is 3.81. The van der Waals surface area contributed by atoms with Gasteiger partial charge in [0.25, 0.3) is 0 Å². The van der Waals surface area contributed by atoms with E-state index in [1.807, 2.05) is 0 Å². The monoisotopic (exact) mass is 278 g/mol. The van der Waals surface area contributed by atoms with E-state index in [4.69, 9.17) is 0 Å². The molecule has 0 radical (unpaired) electrons. The van der Waals surface area contributed by atoms with Crippen LogP contribution in [0.3, 0.4) is 0 Å². The molecule has 3 aliphatic rings. The second kappa shape index (κ2) is 6.79. The molecule has 2 unspecified atom stereocenters. The molecule has 2 heterocycles. The van der Waals surface area contributed by atoms with Gasteiger partial charge in [-0.05, 0) is 57.4 Å². The maximum Gasteiger partial charge on any atom is 0.0113 e. The summed E-state index contributed by atoms with van der Waals surface area (Å²) in [6, 6.07) is 2.57. The van der Waals surface area contributed by atoms with Crippen LogP contribution < -0.4 is 5.32 Å². The zero-order chi connectivity index (χ0) is 13.9. The second-order valence-corrected chi connectivity index (χ2v) is 7.69. The molecular weight excluding hydrogens is 244 g/mol. The van der Waals surface area contributed by atoms with Gasteiger partial charge in [-0.2, -0.15) is 0 Å². The largest absolute Gasteiger partial charge is 0.317 e. The van der Waals surface area contributed by atoms with E-state index in [1.54, 1.807) is 0 Å². The van der Waals surface area contributed by atoms with E-state index in [1.165, 1.54) is 70.8 Å². The van der Waals surface area contributed by atoms with Gasteiger partial charge in [0.15, 0.2) is 0 Å². The molecule has 3 fully saturated rings. The van der Waals surface area contributed by atoms with Crippen LogP contribution in [0.15, 0.2) is 0 Å². The zero-order valence-corrected chi connectivity index (χ0v) is 13.6. The third kappa shape index (κ3) is 3.22. The predicted molar refractivity (Wildman–Crippen MR) is 86.0 cm³/mol. The fourth-order valence-electron chi connectivity index (χ4n) is 5.13. The number of fused-ring (bicyclic) bond motifs is 2. The van der Waals surface area contributed by atoms with Crippen molar-refractivity contribution in [2.24, 2.45) is 11.8 Å². The Morgan fingerprint density at radius 3 is 2.05 bits per heavy atom. The van der Waals surface area contributed by atoms with Gasteiger partial charge in [0.1, 0.15) is 0 Å². The number of rotatable bonds is 4. The summed E-state index contributed by atoms with van der Waals surface area (Å²) < 4.78 is 0. The SMILES string of the molecule is CCC1CCC(CN2C3CCCC2CC(NC)C3)CC1. The van der Waals surface area contributed by atoms with E-state index in [9.17, 15) is 0 Å². The highest BCUT2D eigenvalue weighted by atomic mass is 15.2. The molecule has 2 saturated heterocycles. The van der Waals surface area contributed by atoms with Crippen molar-refractivity contribution in [3.63, 3.8) is 0 Å². The van der Waals surface area contributed by atoms with Crippen molar-refractivity contribution in [2.75, 3.05) is 13.6 Å². The highest BCUT2D eigenvalue weighted by Crippen LogP contribution is 2.37. The highest BCUT2D eigenvalue weighted by Gasteiger charge is 2.38. The van der Waals surface area contributed by atoms with E-state index in [-0.39, 0.29) is 0 Å². The molecule has 0 aromatic heterocycles. The van der Waals surface area contributed by atoms with Crippen LogP contribution in [0.5, 0.6) is 0 Å². The lowest BCUT2D eigenvalue weighted by Crippen LogP contribution is -2.57. The Bertz CT molecular complexity index is 282. The first-order valence-electron chi connectivity index (χ1n) is 9.23. The first-order chi connectivity index (χ1) is 9.80. The van der Waals surface area contributed by atoms with Crippen LogP contribution in [0, 0.1) is 11.8 Å². The average molecular weight is 278 g/mol. The molecule has 3 rings (SSSR count). The summed E-state index contributed by atoms with van der Waals surface area (Å²) in [4.78, 5) is 2.94. The number of nitrogens with zero attached hydrogens (tertiary/aromatic N) is 1. The average Bonchev–Trinajstić information content (AvgIpc) is 2.47. The molecule has 0 aromatic carbocycles. The minimum atomic E-state index is 0.789. The molecule has 1 aliphatic carbocycles. The summed E-state index contributed by atoms with van der Waals surface area (Å²) in [6.45, 7) is 3.79. The number of piperidine rings is 2. The Balaban J connectivity index is 1.55. The van der Waals surface area contributed by atoms with Crippen LogP contribution >= 0.6 is 0 Å². The molecule has 1 N–H and O–H groups in total. The normalized spacial score (nSPS) is 42.6. The summed E-state index contributed by atoms with van der Waals surface area (Å²) in [6.07, 6.45) is 14.6. The Labute approximate surface area is 125 Å². The Kier molecular flexibility index (Phi) is 5.04. The summed E-state index contributed by atoms with van der Waals surface area (Å²) in [7, 11) is 2.15. The van der Waals surface area contributed by atoms with Gasteiger partial charge < -0.3 is 5.32 Å². The molecule has 0 amide bonds.